The van der Waals surface area contributed by atoms with E-state index in [2.05, 4.69) is 22.9 Å². The van der Waals surface area contributed by atoms with Gasteiger partial charge in [-0.3, -0.25) is 4.79 Å². The van der Waals surface area contributed by atoms with E-state index in [1.54, 1.807) is 10.6 Å². The number of hydrogen-bond acceptors (Lipinski definition) is 3. The van der Waals surface area contributed by atoms with Crippen LogP contribution in [0.5, 0.6) is 0 Å². The number of aromatic nitrogens is 2. The second-order valence-corrected chi connectivity index (χ2v) is 5.10. The lowest BCUT2D eigenvalue weighted by molar-refractivity contribution is -0.122. The van der Waals surface area contributed by atoms with Crippen molar-refractivity contribution in [3.8, 4) is 0 Å². The minimum absolute atomic E-state index is 0.0778. The number of fused-ring (bicyclic) bond motifs is 1. The summed E-state index contributed by atoms with van der Waals surface area (Å²) in [5.74, 6) is 0.642. The third kappa shape index (κ3) is 3.12. The van der Waals surface area contributed by atoms with Crippen molar-refractivity contribution in [2.45, 2.75) is 38.6 Å². The van der Waals surface area contributed by atoms with Crippen LogP contribution in [0.25, 0.3) is 11.0 Å². The number of imidazole rings is 1. The van der Waals surface area contributed by atoms with Gasteiger partial charge in [0.1, 0.15) is 18.2 Å². The summed E-state index contributed by atoms with van der Waals surface area (Å²) in [7, 11) is 0. The highest BCUT2D eigenvalue weighted by atomic mass is 32.1. The molecule has 1 N–H and O–H groups in total. The van der Waals surface area contributed by atoms with Crippen LogP contribution in [0.3, 0.4) is 0 Å². The molecule has 2 aromatic rings. The average Bonchev–Trinajstić information content (AvgIpc) is 2.75. The van der Waals surface area contributed by atoms with Crippen molar-refractivity contribution >= 4 is 29.6 Å². The van der Waals surface area contributed by atoms with Crippen LogP contribution >= 0.6 is 12.6 Å². The lowest BCUT2D eigenvalue weighted by atomic mass is 10.2. The van der Waals surface area contributed by atoms with Gasteiger partial charge >= 0.3 is 0 Å². The Balaban J connectivity index is 2.30. The Hall–Kier alpha value is -1.56. The highest BCUT2D eigenvalue weighted by molar-refractivity contribution is 7.79. The Labute approximate surface area is 122 Å². The van der Waals surface area contributed by atoms with Crippen molar-refractivity contribution < 1.29 is 9.18 Å². The monoisotopic (exact) mass is 295 g/mol. The molecule has 108 valence electrons. The predicted octanol–water partition coefficient (Wildman–Crippen LogP) is 2.52. The van der Waals surface area contributed by atoms with Crippen molar-refractivity contribution in [3.63, 3.8) is 0 Å². The largest absolute Gasteiger partial charge is 0.352 e. The first kappa shape index (κ1) is 14.8. The molecule has 1 amide bonds. The summed E-state index contributed by atoms with van der Waals surface area (Å²) in [6.07, 6.45) is 0.876. The zero-order valence-electron chi connectivity index (χ0n) is 11.6. The second-order valence-electron chi connectivity index (χ2n) is 4.78. The minimum atomic E-state index is -0.336. The summed E-state index contributed by atoms with van der Waals surface area (Å²) in [6, 6.07) is 4.51. The Morgan fingerprint density at radius 2 is 2.30 bits per heavy atom. The first-order valence-corrected chi connectivity index (χ1v) is 7.23. The highest BCUT2D eigenvalue weighted by Crippen LogP contribution is 2.18. The van der Waals surface area contributed by atoms with Gasteiger partial charge in [-0.1, -0.05) is 6.92 Å². The summed E-state index contributed by atoms with van der Waals surface area (Å²) in [5.41, 5.74) is 1.29. The fraction of sp³-hybridized carbons (Fsp3) is 0.429. The molecule has 4 nitrogen and oxygen atoms in total. The molecule has 0 fully saturated rings. The van der Waals surface area contributed by atoms with Crippen molar-refractivity contribution in [1.29, 1.82) is 0 Å². The lowest BCUT2D eigenvalue weighted by Gasteiger charge is -2.13. The second kappa shape index (κ2) is 6.26. The molecule has 0 saturated carbocycles. The maximum Gasteiger partial charge on any atom is 0.240 e. The predicted molar refractivity (Wildman–Crippen MR) is 80.3 cm³/mol. The van der Waals surface area contributed by atoms with Crippen molar-refractivity contribution in [1.82, 2.24) is 14.9 Å². The molecule has 2 rings (SSSR count). The number of rotatable bonds is 5. The van der Waals surface area contributed by atoms with E-state index in [1.807, 2.05) is 13.8 Å². The quantitative estimate of drug-likeness (QED) is 0.833. The van der Waals surface area contributed by atoms with Gasteiger partial charge in [0, 0.05) is 17.9 Å². The molecule has 0 aliphatic heterocycles. The van der Waals surface area contributed by atoms with Crippen LogP contribution in [-0.2, 0) is 17.1 Å². The number of nitrogens with one attached hydrogen (secondary N) is 1. The van der Waals surface area contributed by atoms with E-state index in [1.165, 1.54) is 12.1 Å². The molecule has 0 aliphatic rings. The van der Waals surface area contributed by atoms with Crippen LogP contribution in [0.15, 0.2) is 18.2 Å². The van der Waals surface area contributed by atoms with Gasteiger partial charge in [0.15, 0.2) is 0 Å². The summed E-state index contributed by atoms with van der Waals surface area (Å²) in [4.78, 5) is 16.3. The number of benzene rings is 1. The first-order valence-electron chi connectivity index (χ1n) is 6.60. The number of nitrogens with zero attached hydrogens (tertiary/aromatic N) is 2. The molecule has 0 saturated heterocycles. The van der Waals surface area contributed by atoms with Crippen molar-refractivity contribution in [3.05, 3.63) is 29.8 Å². The van der Waals surface area contributed by atoms with Crippen LogP contribution < -0.4 is 5.32 Å². The molecule has 1 aromatic heterocycles. The molecule has 0 spiro atoms. The fourth-order valence-corrected chi connectivity index (χ4v) is 2.26. The van der Waals surface area contributed by atoms with E-state index in [-0.39, 0.29) is 24.3 Å². The summed E-state index contributed by atoms with van der Waals surface area (Å²) < 4.78 is 15.0. The van der Waals surface area contributed by atoms with Crippen LogP contribution in [-0.4, -0.2) is 21.5 Å². The van der Waals surface area contributed by atoms with E-state index in [0.717, 1.165) is 11.9 Å². The number of carbonyl (C=O) groups excluding carboxylic acids is 1. The molecule has 6 heteroatoms. The van der Waals surface area contributed by atoms with Crippen LogP contribution in [0.1, 0.15) is 26.1 Å². The molecule has 0 radical (unpaired) electrons. The van der Waals surface area contributed by atoms with Crippen molar-refractivity contribution in [2.75, 3.05) is 0 Å². The molecule has 1 aromatic carbocycles. The Morgan fingerprint density at radius 3 is 2.95 bits per heavy atom. The van der Waals surface area contributed by atoms with Crippen LogP contribution in [0.4, 0.5) is 4.39 Å². The highest BCUT2D eigenvalue weighted by Gasteiger charge is 2.14. The fourth-order valence-electron chi connectivity index (χ4n) is 2.02. The van der Waals surface area contributed by atoms with Gasteiger partial charge in [-0.25, -0.2) is 9.37 Å². The van der Waals surface area contributed by atoms with Gasteiger partial charge in [-0.05, 0) is 25.5 Å². The third-order valence-corrected chi connectivity index (χ3v) is 3.54. The van der Waals surface area contributed by atoms with Gasteiger partial charge in [0.25, 0.3) is 0 Å². The lowest BCUT2D eigenvalue weighted by Crippen LogP contribution is -2.34. The maximum atomic E-state index is 13.2. The van der Waals surface area contributed by atoms with Crippen LogP contribution in [0.2, 0.25) is 0 Å². The molecule has 0 bridgehead atoms. The Kier molecular flexibility index (Phi) is 4.65. The average molecular weight is 295 g/mol. The van der Waals surface area contributed by atoms with Gasteiger partial charge in [0.05, 0.1) is 11.0 Å². The Morgan fingerprint density at radius 1 is 1.55 bits per heavy atom. The number of halogens is 1. The molecule has 1 atom stereocenters. The molecule has 1 unspecified atom stereocenters. The summed E-state index contributed by atoms with van der Waals surface area (Å²) >= 11 is 4.22. The number of amides is 1. The number of thiol groups is 1. The summed E-state index contributed by atoms with van der Waals surface area (Å²) in [5, 5.41) is 2.91. The molecular weight excluding hydrogens is 277 g/mol. The SMILES string of the molecule is CCC(C)NC(=O)Cn1c(CS)nc2cc(F)ccc21. The van der Waals surface area contributed by atoms with Gasteiger partial charge < -0.3 is 9.88 Å². The topological polar surface area (TPSA) is 46.9 Å². The minimum Gasteiger partial charge on any atom is -0.352 e. The summed E-state index contributed by atoms with van der Waals surface area (Å²) in [6.45, 7) is 4.14. The van der Waals surface area contributed by atoms with E-state index in [9.17, 15) is 9.18 Å². The Bertz CT molecular complexity index is 626. The standard InChI is InChI=1S/C14H18FN3OS/c1-3-9(2)16-14(19)7-18-12-5-4-10(15)6-11(12)17-13(18)8-20/h4-6,9,20H,3,7-8H2,1-2H3,(H,16,19). The molecule has 0 aliphatic carbocycles. The maximum absolute atomic E-state index is 13.2. The smallest absolute Gasteiger partial charge is 0.240 e. The van der Waals surface area contributed by atoms with E-state index >= 15 is 0 Å². The molecular formula is C14H18FN3OS. The van der Waals surface area contributed by atoms with E-state index in [4.69, 9.17) is 0 Å². The van der Waals surface area contributed by atoms with Gasteiger partial charge in [0.2, 0.25) is 5.91 Å². The normalized spacial score (nSPS) is 12.6. The number of hydrogen-bond donors (Lipinski definition) is 2. The third-order valence-electron chi connectivity index (χ3n) is 3.25. The first-order chi connectivity index (χ1) is 9.55. The number of carbonyl (C=O) groups is 1. The zero-order chi connectivity index (χ0) is 14.7. The van der Waals surface area contributed by atoms with Gasteiger partial charge in [-0.2, -0.15) is 12.6 Å². The van der Waals surface area contributed by atoms with Crippen molar-refractivity contribution in [2.24, 2.45) is 0 Å². The van der Waals surface area contributed by atoms with E-state index < -0.39 is 0 Å². The van der Waals surface area contributed by atoms with Crippen LogP contribution in [0, 0.1) is 5.82 Å². The molecule has 20 heavy (non-hydrogen) atoms. The van der Waals surface area contributed by atoms with Gasteiger partial charge in [-0.15, -0.1) is 0 Å². The zero-order valence-corrected chi connectivity index (χ0v) is 12.5. The van der Waals surface area contributed by atoms with E-state index in [0.29, 0.717) is 17.1 Å². The molecule has 1 heterocycles.